The molecule has 4 nitrogen and oxygen atoms in total. The van der Waals surface area contributed by atoms with Crippen molar-refractivity contribution in [2.45, 2.75) is 25.7 Å². The molecule has 0 saturated carbocycles. The van der Waals surface area contributed by atoms with E-state index in [-0.39, 0.29) is 5.91 Å². The highest BCUT2D eigenvalue weighted by atomic mass is 35.5. The van der Waals surface area contributed by atoms with E-state index in [1.807, 2.05) is 24.3 Å². The molecule has 1 aliphatic heterocycles. The van der Waals surface area contributed by atoms with Gasteiger partial charge in [0.25, 0.3) is 0 Å². The number of nitrogens with zero attached hydrogens (tertiary/aromatic N) is 1. The van der Waals surface area contributed by atoms with Crippen LogP contribution in [0.5, 0.6) is 0 Å². The topological polar surface area (TPSA) is 44.4 Å². The molecule has 1 fully saturated rings. The maximum Gasteiger partial charge on any atom is 0.226 e. The average molecular weight is 392 g/mol. The third-order valence-corrected chi connectivity index (χ3v) is 5.31. The Labute approximate surface area is 164 Å². The van der Waals surface area contributed by atoms with Gasteiger partial charge in [0.2, 0.25) is 5.91 Å². The Balaban J connectivity index is 1.46. The van der Waals surface area contributed by atoms with Gasteiger partial charge in [-0.1, -0.05) is 29.3 Å². The molecule has 2 N–H and O–H groups in total. The number of rotatable bonds is 6. The highest BCUT2D eigenvalue weighted by molar-refractivity contribution is 6.43. The molecule has 1 heterocycles. The summed E-state index contributed by atoms with van der Waals surface area (Å²) >= 11 is 12.1. The van der Waals surface area contributed by atoms with E-state index in [2.05, 4.69) is 27.7 Å². The number of amides is 1. The second-order valence-corrected chi connectivity index (χ2v) is 7.21. The van der Waals surface area contributed by atoms with E-state index in [1.165, 1.54) is 24.9 Å². The first-order chi connectivity index (χ1) is 12.6. The van der Waals surface area contributed by atoms with Crippen LogP contribution in [-0.2, 0) is 4.79 Å². The Hall–Kier alpha value is -1.91. The Morgan fingerprint density at radius 2 is 1.73 bits per heavy atom. The van der Waals surface area contributed by atoms with Crippen LogP contribution in [0, 0.1) is 0 Å². The van der Waals surface area contributed by atoms with E-state index >= 15 is 0 Å². The van der Waals surface area contributed by atoms with Crippen LogP contribution in [0.25, 0.3) is 0 Å². The van der Waals surface area contributed by atoms with Crippen molar-refractivity contribution in [3.05, 3.63) is 52.5 Å². The van der Waals surface area contributed by atoms with Gasteiger partial charge in [-0.05, 0) is 55.7 Å². The van der Waals surface area contributed by atoms with Gasteiger partial charge in [-0.25, -0.2) is 0 Å². The zero-order chi connectivity index (χ0) is 18.4. The van der Waals surface area contributed by atoms with Gasteiger partial charge in [0, 0.05) is 37.4 Å². The number of nitrogens with one attached hydrogen (secondary N) is 2. The van der Waals surface area contributed by atoms with Crippen molar-refractivity contribution in [2.24, 2.45) is 0 Å². The molecule has 6 heteroatoms. The molecular weight excluding hydrogens is 369 g/mol. The lowest BCUT2D eigenvalue weighted by Gasteiger charge is -2.28. The van der Waals surface area contributed by atoms with Gasteiger partial charge in [0.1, 0.15) is 0 Å². The summed E-state index contributed by atoms with van der Waals surface area (Å²) in [6, 6.07) is 13.5. The molecule has 0 radical (unpaired) electrons. The monoisotopic (exact) mass is 391 g/mol. The number of piperidine rings is 1. The van der Waals surface area contributed by atoms with Gasteiger partial charge in [-0.2, -0.15) is 0 Å². The van der Waals surface area contributed by atoms with E-state index in [0.29, 0.717) is 23.0 Å². The van der Waals surface area contributed by atoms with E-state index in [4.69, 9.17) is 23.2 Å². The molecule has 0 atom stereocenters. The number of halogens is 2. The average Bonchev–Trinajstić information content (AvgIpc) is 2.66. The molecule has 138 valence electrons. The smallest absolute Gasteiger partial charge is 0.226 e. The maximum absolute atomic E-state index is 12.1. The van der Waals surface area contributed by atoms with Gasteiger partial charge >= 0.3 is 0 Å². The molecular formula is C20H23Cl2N3O. The van der Waals surface area contributed by atoms with Crippen LogP contribution in [0.2, 0.25) is 10.0 Å². The number of hydrogen-bond donors (Lipinski definition) is 2. The minimum Gasteiger partial charge on any atom is -0.383 e. The molecule has 1 saturated heterocycles. The first-order valence-corrected chi connectivity index (χ1v) is 9.72. The third kappa shape index (κ3) is 5.05. The minimum absolute atomic E-state index is 0.0404. The second-order valence-electron chi connectivity index (χ2n) is 6.42. The summed E-state index contributed by atoms with van der Waals surface area (Å²) in [5.74, 6) is -0.0404. The Morgan fingerprint density at radius 1 is 1.00 bits per heavy atom. The molecule has 0 aromatic heterocycles. The van der Waals surface area contributed by atoms with E-state index in [0.717, 1.165) is 24.5 Å². The van der Waals surface area contributed by atoms with Crippen molar-refractivity contribution < 1.29 is 4.79 Å². The molecule has 26 heavy (non-hydrogen) atoms. The highest BCUT2D eigenvalue weighted by Gasteiger charge is 2.11. The predicted molar refractivity (Wildman–Crippen MR) is 111 cm³/mol. The zero-order valence-electron chi connectivity index (χ0n) is 14.6. The van der Waals surface area contributed by atoms with Crippen molar-refractivity contribution in [1.29, 1.82) is 0 Å². The Bertz CT molecular complexity index is 743. The maximum atomic E-state index is 12.1. The van der Waals surface area contributed by atoms with E-state index in [1.54, 1.807) is 6.07 Å². The predicted octanol–water partition coefficient (Wildman–Crippen LogP) is 5.42. The van der Waals surface area contributed by atoms with Crippen molar-refractivity contribution in [1.82, 2.24) is 0 Å². The van der Waals surface area contributed by atoms with E-state index in [9.17, 15) is 4.79 Å². The summed E-state index contributed by atoms with van der Waals surface area (Å²) in [6.45, 7) is 2.71. The quantitative estimate of drug-likeness (QED) is 0.690. The standard InChI is InChI=1S/C20H23Cl2N3O/c21-17-5-4-6-18(20(17)22)23-12-11-19(26)24-15-7-9-16(10-8-15)25-13-2-1-3-14-25/h4-10,23H,1-3,11-14H2,(H,24,26). The fourth-order valence-corrected chi connectivity index (χ4v) is 3.45. The molecule has 0 aliphatic carbocycles. The van der Waals surface area contributed by atoms with Gasteiger partial charge in [0.05, 0.1) is 15.7 Å². The van der Waals surface area contributed by atoms with Crippen LogP contribution >= 0.6 is 23.2 Å². The number of carbonyl (C=O) groups excluding carboxylic acids is 1. The molecule has 1 aliphatic rings. The van der Waals surface area contributed by atoms with Gasteiger partial charge in [0.15, 0.2) is 0 Å². The SMILES string of the molecule is O=C(CCNc1cccc(Cl)c1Cl)Nc1ccc(N2CCCCC2)cc1. The lowest BCUT2D eigenvalue weighted by Crippen LogP contribution is -2.29. The summed E-state index contributed by atoms with van der Waals surface area (Å²) in [4.78, 5) is 14.5. The summed E-state index contributed by atoms with van der Waals surface area (Å²) in [5, 5.41) is 7.04. The van der Waals surface area contributed by atoms with Gasteiger partial charge in [-0.3, -0.25) is 4.79 Å². The fraction of sp³-hybridized carbons (Fsp3) is 0.350. The molecule has 1 amide bonds. The van der Waals surface area contributed by atoms with Gasteiger partial charge < -0.3 is 15.5 Å². The molecule has 0 unspecified atom stereocenters. The molecule has 0 spiro atoms. The van der Waals surface area contributed by atoms with E-state index < -0.39 is 0 Å². The number of carbonyl (C=O) groups is 1. The van der Waals surface area contributed by atoms with Crippen LogP contribution in [0.15, 0.2) is 42.5 Å². The molecule has 2 aromatic rings. The minimum atomic E-state index is -0.0404. The summed E-state index contributed by atoms with van der Waals surface area (Å²) in [7, 11) is 0. The highest BCUT2D eigenvalue weighted by Crippen LogP contribution is 2.29. The fourth-order valence-electron chi connectivity index (χ4n) is 3.08. The second kappa shape index (κ2) is 9.15. The zero-order valence-corrected chi connectivity index (χ0v) is 16.1. The Morgan fingerprint density at radius 3 is 2.46 bits per heavy atom. The van der Waals surface area contributed by atoms with Crippen molar-refractivity contribution in [3.63, 3.8) is 0 Å². The lowest BCUT2D eigenvalue weighted by molar-refractivity contribution is -0.115. The van der Waals surface area contributed by atoms with Crippen LogP contribution < -0.4 is 15.5 Å². The number of hydrogen-bond acceptors (Lipinski definition) is 3. The Kier molecular flexibility index (Phi) is 6.64. The van der Waals surface area contributed by atoms with Crippen LogP contribution in [0.1, 0.15) is 25.7 Å². The lowest BCUT2D eigenvalue weighted by atomic mass is 10.1. The number of anilines is 3. The number of benzene rings is 2. The summed E-state index contributed by atoms with van der Waals surface area (Å²) in [5.41, 5.74) is 2.77. The van der Waals surface area contributed by atoms with Crippen molar-refractivity contribution in [3.8, 4) is 0 Å². The van der Waals surface area contributed by atoms with Crippen molar-refractivity contribution in [2.75, 3.05) is 35.2 Å². The summed E-state index contributed by atoms with van der Waals surface area (Å²) in [6.07, 6.45) is 4.17. The molecule has 3 rings (SSSR count). The first kappa shape index (κ1) is 18.9. The molecule has 2 aromatic carbocycles. The first-order valence-electron chi connectivity index (χ1n) is 8.96. The van der Waals surface area contributed by atoms with Crippen molar-refractivity contribution >= 4 is 46.2 Å². The van der Waals surface area contributed by atoms with Crippen LogP contribution in [-0.4, -0.2) is 25.5 Å². The van der Waals surface area contributed by atoms with Gasteiger partial charge in [-0.15, -0.1) is 0 Å². The largest absolute Gasteiger partial charge is 0.383 e. The van der Waals surface area contributed by atoms with Crippen LogP contribution in [0.4, 0.5) is 17.1 Å². The normalized spacial score (nSPS) is 14.2. The van der Waals surface area contributed by atoms with Crippen LogP contribution in [0.3, 0.4) is 0 Å². The third-order valence-electron chi connectivity index (χ3n) is 4.49. The summed E-state index contributed by atoms with van der Waals surface area (Å²) < 4.78 is 0. The molecule has 0 bridgehead atoms.